The van der Waals surface area contributed by atoms with Gasteiger partial charge in [0.1, 0.15) is 6.10 Å². The molecule has 2 aliphatic rings. The first-order chi connectivity index (χ1) is 14.2. The van der Waals surface area contributed by atoms with E-state index < -0.39 is 0 Å². The Hall–Kier alpha value is -1.87. The fourth-order valence-electron chi connectivity index (χ4n) is 3.62. The van der Waals surface area contributed by atoms with E-state index in [1.807, 2.05) is 25.4 Å². The van der Waals surface area contributed by atoms with Crippen LogP contribution >= 0.6 is 24.0 Å². The van der Waals surface area contributed by atoms with E-state index in [9.17, 15) is 0 Å². The summed E-state index contributed by atoms with van der Waals surface area (Å²) in [7, 11) is 1.83. The van der Waals surface area contributed by atoms with Gasteiger partial charge in [-0.15, -0.1) is 24.0 Å². The van der Waals surface area contributed by atoms with Gasteiger partial charge in [0, 0.05) is 32.4 Å². The number of halogens is 1. The van der Waals surface area contributed by atoms with Crippen molar-refractivity contribution in [2.75, 3.05) is 33.4 Å². The molecule has 1 aromatic carbocycles. The molecule has 0 bridgehead atoms. The van der Waals surface area contributed by atoms with E-state index in [-0.39, 0.29) is 30.1 Å². The predicted molar refractivity (Wildman–Crippen MR) is 130 cm³/mol. The molecule has 0 amide bonds. The first-order valence-electron chi connectivity index (χ1n) is 10.4. The molecular weight excluding hydrogens is 491 g/mol. The van der Waals surface area contributed by atoms with Crippen LogP contribution in [-0.4, -0.2) is 49.2 Å². The van der Waals surface area contributed by atoms with Crippen LogP contribution in [0, 0.1) is 12.8 Å². The summed E-state index contributed by atoms with van der Waals surface area (Å²) in [6.07, 6.45) is 4.43. The minimum absolute atomic E-state index is 0. The second kappa shape index (κ2) is 10.9. The summed E-state index contributed by atoms with van der Waals surface area (Å²) in [5, 5.41) is 3.48. The molecule has 162 valence electrons. The maximum atomic E-state index is 6.05. The molecule has 0 radical (unpaired) electrons. The highest BCUT2D eigenvalue weighted by atomic mass is 127. The minimum Gasteiger partial charge on any atom is -0.477 e. The summed E-state index contributed by atoms with van der Waals surface area (Å²) in [5.41, 5.74) is 3.65. The number of ether oxygens (including phenoxy) is 2. The first kappa shape index (κ1) is 22.8. The van der Waals surface area contributed by atoms with E-state index in [4.69, 9.17) is 9.47 Å². The molecule has 1 saturated carbocycles. The molecule has 1 aliphatic carbocycles. The number of aryl methyl sites for hydroxylation is 1. The van der Waals surface area contributed by atoms with Crippen molar-refractivity contribution in [3.05, 3.63) is 59.3 Å². The number of aliphatic imine (C=N–C) groups is 1. The van der Waals surface area contributed by atoms with Crippen LogP contribution in [0.2, 0.25) is 0 Å². The van der Waals surface area contributed by atoms with Crippen LogP contribution < -0.4 is 10.1 Å². The van der Waals surface area contributed by atoms with Crippen molar-refractivity contribution < 1.29 is 9.47 Å². The largest absolute Gasteiger partial charge is 0.477 e. The third kappa shape index (κ3) is 6.07. The molecule has 0 spiro atoms. The number of guanidine groups is 1. The molecular formula is C23H31IN4O2. The monoisotopic (exact) mass is 522 g/mol. The molecule has 4 rings (SSSR count). The van der Waals surface area contributed by atoms with E-state index in [0.717, 1.165) is 37.1 Å². The Labute approximate surface area is 196 Å². The molecule has 2 aromatic rings. The van der Waals surface area contributed by atoms with E-state index in [2.05, 4.69) is 51.4 Å². The Bertz CT molecular complexity index is 857. The number of hydrogen-bond donors (Lipinski definition) is 1. The van der Waals surface area contributed by atoms with Gasteiger partial charge in [-0.05, 0) is 48.4 Å². The molecule has 7 heteroatoms. The third-order valence-corrected chi connectivity index (χ3v) is 5.53. The quantitative estimate of drug-likeness (QED) is 0.354. The Morgan fingerprint density at radius 3 is 2.90 bits per heavy atom. The summed E-state index contributed by atoms with van der Waals surface area (Å²) in [6, 6.07) is 12.5. The summed E-state index contributed by atoms with van der Waals surface area (Å²) in [4.78, 5) is 11.1. The number of morpholine rings is 1. The number of nitrogens with zero attached hydrogens (tertiary/aromatic N) is 3. The molecule has 2 heterocycles. The number of pyridine rings is 1. The molecule has 1 atom stereocenters. The van der Waals surface area contributed by atoms with Gasteiger partial charge in [-0.25, -0.2) is 4.98 Å². The van der Waals surface area contributed by atoms with E-state index in [1.54, 1.807) is 0 Å². The van der Waals surface area contributed by atoms with E-state index in [0.29, 0.717) is 19.0 Å². The van der Waals surface area contributed by atoms with Crippen molar-refractivity contribution in [1.82, 2.24) is 15.2 Å². The zero-order chi connectivity index (χ0) is 20.1. The Balaban J connectivity index is 0.00000256. The Kier molecular flexibility index (Phi) is 8.32. The van der Waals surface area contributed by atoms with E-state index in [1.165, 1.54) is 24.0 Å². The molecule has 2 fully saturated rings. The van der Waals surface area contributed by atoms with Crippen molar-refractivity contribution in [3.63, 3.8) is 0 Å². The molecule has 6 nitrogen and oxygen atoms in total. The van der Waals surface area contributed by atoms with Crippen LogP contribution in [0.3, 0.4) is 0 Å². The summed E-state index contributed by atoms with van der Waals surface area (Å²) >= 11 is 0. The van der Waals surface area contributed by atoms with Crippen LogP contribution in [0.4, 0.5) is 0 Å². The Morgan fingerprint density at radius 2 is 2.13 bits per heavy atom. The maximum absolute atomic E-state index is 6.05. The van der Waals surface area contributed by atoms with Crippen LogP contribution in [0.1, 0.15) is 35.6 Å². The third-order valence-electron chi connectivity index (χ3n) is 5.53. The average molecular weight is 522 g/mol. The summed E-state index contributed by atoms with van der Waals surface area (Å²) in [6.45, 7) is 5.90. The Morgan fingerprint density at radius 1 is 1.30 bits per heavy atom. The zero-order valence-corrected chi connectivity index (χ0v) is 20.0. The predicted octanol–water partition coefficient (Wildman–Crippen LogP) is 3.95. The lowest BCUT2D eigenvalue weighted by atomic mass is 10.0. The van der Waals surface area contributed by atoms with Gasteiger partial charge in [0.25, 0.3) is 0 Å². The average Bonchev–Trinajstić information content (AvgIpc) is 3.58. The van der Waals surface area contributed by atoms with Gasteiger partial charge in [0.15, 0.2) is 5.96 Å². The molecule has 1 N–H and O–H groups in total. The van der Waals surface area contributed by atoms with Gasteiger partial charge < -0.3 is 19.7 Å². The van der Waals surface area contributed by atoms with Gasteiger partial charge in [-0.2, -0.15) is 0 Å². The lowest BCUT2D eigenvalue weighted by Crippen LogP contribution is -2.48. The maximum Gasteiger partial charge on any atom is 0.213 e. The first-order valence-corrected chi connectivity index (χ1v) is 10.4. The highest BCUT2D eigenvalue weighted by molar-refractivity contribution is 14.0. The molecule has 30 heavy (non-hydrogen) atoms. The van der Waals surface area contributed by atoms with Gasteiger partial charge in [0.2, 0.25) is 5.88 Å². The fourth-order valence-corrected chi connectivity index (χ4v) is 3.62. The second-order valence-electron chi connectivity index (χ2n) is 7.82. The smallest absolute Gasteiger partial charge is 0.213 e. The van der Waals surface area contributed by atoms with Crippen molar-refractivity contribution in [2.45, 2.75) is 32.4 Å². The second-order valence-corrected chi connectivity index (χ2v) is 7.82. The highest BCUT2D eigenvalue weighted by Crippen LogP contribution is 2.29. The van der Waals surface area contributed by atoms with Crippen molar-refractivity contribution in [1.29, 1.82) is 0 Å². The number of aromatic nitrogens is 1. The van der Waals surface area contributed by atoms with Crippen molar-refractivity contribution in [2.24, 2.45) is 10.9 Å². The van der Waals surface area contributed by atoms with Gasteiger partial charge >= 0.3 is 0 Å². The summed E-state index contributed by atoms with van der Waals surface area (Å²) < 4.78 is 11.8. The fraction of sp³-hybridized carbons (Fsp3) is 0.478. The number of benzene rings is 1. The molecule has 1 unspecified atom stereocenters. The minimum atomic E-state index is 0. The SMILES string of the molecule is CN=C(NCc1ccnc(OCC2CC2)c1)N1CCOC(c2ccccc2C)C1.I. The molecule has 1 aliphatic heterocycles. The van der Waals surface area contributed by atoms with Crippen molar-refractivity contribution >= 4 is 29.9 Å². The number of hydrogen-bond acceptors (Lipinski definition) is 4. The lowest BCUT2D eigenvalue weighted by molar-refractivity contribution is -0.00833. The highest BCUT2D eigenvalue weighted by Gasteiger charge is 2.25. The van der Waals surface area contributed by atoms with Crippen LogP contribution in [0.25, 0.3) is 0 Å². The summed E-state index contributed by atoms with van der Waals surface area (Å²) in [5.74, 6) is 2.32. The number of nitrogens with one attached hydrogen (secondary N) is 1. The lowest BCUT2D eigenvalue weighted by Gasteiger charge is -2.35. The van der Waals surface area contributed by atoms with Crippen LogP contribution in [-0.2, 0) is 11.3 Å². The van der Waals surface area contributed by atoms with Gasteiger partial charge in [-0.3, -0.25) is 4.99 Å². The van der Waals surface area contributed by atoms with Gasteiger partial charge in [-0.1, -0.05) is 24.3 Å². The topological polar surface area (TPSA) is 59.0 Å². The van der Waals surface area contributed by atoms with E-state index >= 15 is 0 Å². The number of rotatable bonds is 6. The zero-order valence-electron chi connectivity index (χ0n) is 17.7. The normalized spacial score (nSPS) is 19.2. The van der Waals surface area contributed by atoms with Crippen LogP contribution in [0.5, 0.6) is 5.88 Å². The van der Waals surface area contributed by atoms with Crippen molar-refractivity contribution in [3.8, 4) is 5.88 Å². The molecule has 1 aromatic heterocycles. The standard InChI is InChI=1S/C23H30N4O2.HI/c1-17-5-3-4-6-20(17)21-15-27(11-12-28-21)23(24-2)26-14-19-9-10-25-22(13-19)29-16-18-7-8-18;/h3-6,9-10,13,18,21H,7-8,11-12,14-16H2,1-2H3,(H,24,26);1H. The molecule has 1 saturated heterocycles. The van der Waals surface area contributed by atoms with Gasteiger partial charge in [0.05, 0.1) is 19.8 Å². The van der Waals surface area contributed by atoms with Crippen LogP contribution in [0.15, 0.2) is 47.6 Å².